The molecule has 0 fully saturated rings. The Kier molecular flexibility index (Phi) is 6.38. The minimum absolute atomic E-state index is 0.110. The van der Waals surface area contributed by atoms with Crippen LogP contribution in [0.4, 0.5) is 16.5 Å². The van der Waals surface area contributed by atoms with Gasteiger partial charge in [0.05, 0.1) is 11.4 Å². The van der Waals surface area contributed by atoms with Crippen LogP contribution in [0.1, 0.15) is 36.2 Å². The number of benzene rings is 2. The number of hydrogen-bond acceptors (Lipinski definition) is 7. The number of rotatable bonds is 5. The lowest BCUT2D eigenvalue weighted by Gasteiger charge is -2.21. The third-order valence-electron chi connectivity index (χ3n) is 5.19. The summed E-state index contributed by atoms with van der Waals surface area (Å²) in [6, 6.07) is 12.6. The molecule has 172 valence electrons. The molecule has 1 aromatic heterocycles. The number of amides is 2. The number of anilines is 3. The summed E-state index contributed by atoms with van der Waals surface area (Å²) >= 11 is 1.30. The fourth-order valence-corrected chi connectivity index (χ4v) is 4.24. The number of nitrogens with one attached hydrogen (secondary N) is 1. The Morgan fingerprint density at radius 3 is 2.50 bits per heavy atom. The van der Waals surface area contributed by atoms with Crippen molar-refractivity contribution in [2.75, 3.05) is 10.2 Å². The number of esters is 1. The fraction of sp³-hybridized carbons (Fsp3) is 0.160. The first-order chi connectivity index (χ1) is 16.2. The first kappa shape index (κ1) is 23.1. The summed E-state index contributed by atoms with van der Waals surface area (Å²) in [6.07, 6.45) is 1.53. The number of ether oxygens (including phenoxy) is 1. The van der Waals surface area contributed by atoms with E-state index in [2.05, 4.69) is 15.3 Å². The maximum atomic E-state index is 12.5. The van der Waals surface area contributed by atoms with Crippen molar-refractivity contribution in [3.8, 4) is 0 Å². The van der Waals surface area contributed by atoms with Gasteiger partial charge in [-0.3, -0.25) is 14.5 Å². The smallest absolute Gasteiger partial charge is 0.363 e. The zero-order valence-corrected chi connectivity index (χ0v) is 19.9. The van der Waals surface area contributed by atoms with Crippen LogP contribution in [0.3, 0.4) is 0 Å². The Labute approximate surface area is 200 Å². The maximum absolute atomic E-state index is 12.5. The molecule has 0 aliphatic carbocycles. The summed E-state index contributed by atoms with van der Waals surface area (Å²) in [4.78, 5) is 46.4. The van der Waals surface area contributed by atoms with Crippen LogP contribution in [0.15, 0.2) is 58.5 Å². The molecular formula is C25H22N4O4S. The van der Waals surface area contributed by atoms with Gasteiger partial charge in [-0.05, 0) is 61.4 Å². The molecule has 1 N–H and O–H groups in total. The average molecular weight is 475 g/mol. The molecule has 3 aromatic rings. The van der Waals surface area contributed by atoms with Crippen LogP contribution in [0.2, 0.25) is 0 Å². The van der Waals surface area contributed by atoms with E-state index in [0.29, 0.717) is 22.1 Å². The molecule has 0 saturated heterocycles. The van der Waals surface area contributed by atoms with Crippen LogP contribution in [0, 0.1) is 13.8 Å². The molecule has 0 spiro atoms. The highest BCUT2D eigenvalue weighted by molar-refractivity contribution is 7.14. The van der Waals surface area contributed by atoms with E-state index in [4.69, 9.17) is 4.74 Å². The first-order valence-corrected chi connectivity index (χ1v) is 11.3. The molecule has 2 aromatic carbocycles. The Hall–Kier alpha value is -4.11. The molecule has 0 radical (unpaired) electrons. The molecule has 1 aliphatic heterocycles. The van der Waals surface area contributed by atoms with E-state index in [1.165, 1.54) is 31.3 Å². The predicted molar refractivity (Wildman–Crippen MR) is 132 cm³/mol. The largest absolute Gasteiger partial charge is 0.402 e. The normalized spacial score (nSPS) is 14.1. The summed E-state index contributed by atoms with van der Waals surface area (Å²) in [6.45, 7) is 6.87. The monoisotopic (exact) mass is 474 g/mol. The van der Waals surface area contributed by atoms with Crippen LogP contribution in [0.5, 0.6) is 0 Å². The summed E-state index contributed by atoms with van der Waals surface area (Å²) in [7, 11) is 0. The fourth-order valence-electron chi connectivity index (χ4n) is 3.40. The number of nitrogens with zero attached hydrogens (tertiary/aromatic N) is 3. The van der Waals surface area contributed by atoms with Crippen LogP contribution >= 0.6 is 11.3 Å². The molecule has 34 heavy (non-hydrogen) atoms. The highest BCUT2D eigenvalue weighted by Gasteiger charge is 2.25. The van der Waals surface area contributed by atoms with Gasteiger partial charge in [-0.15, -0.1) is 11.3 Å². The third-order valence-corrected chi connectivity index (χ3v) is 6.03. The Bertz CT molecular complexity index is 1360. The second-order valence-electron chi connectivity index (χ2n) is 7.72. The minimum atomic E-state index is -0.589. The van der Waals surface area contributed by atoms with Crippen molar-refractivity contribution in [3.05, 3.63) is 75.9 Å². The number of carbonyl (C=O) groups excluding carboxylic acids is 3. The SMILES string of the molecule is CC(=O)Nc1ccc(C2=N/C(=C\c3csc(N(C(C)=O)c4cccc(C)c4C)n3)C(=O)O2)cc1. The number of carbonyl (C=O) groups is 3. The predicted octanol–water partition coefficient (Wildman–Crippen LogP) is 4.75. The molecule has 2 amide bonds. The second kappa shape index (κ2) is 9.40. The molecule has 2 heterocycles. The van der Waals surface area contributed by atoms with E-state index in [1.807, 2.05) is 32.0 Å². The van der Waals surface area contributed by atoms with Crippen molar-refractivity contribution in [2.24, 2.45) is 4.99 Å². The Balaban J connectivity index is 1.60. The van der Waals surface area contributed by atoms with E-state index in [9.17, 15) is 14.4 Å². The standard InChI is InChI=1S/C25H22N4O4S/c1-14-6-5-7-22(15(14)2)29(17(4)31)25-27-20(13-34-25)12-21-24(32)33-23(28-21)18-8-10-19(11-9-18)26-16(3)30/h5-13H,1-4H3,(H,26,30)/b21-12-. The number of aliphatic imine (C=N–C) groups is 1. The highest BCUT2D eigenvalue weighted by atomic mass is 32.1. The summed E-state index contributed by atoms with van der Waals surface area (Å²) in [5.41, 5.74) is 4.67. The van der Waals surface area contributed by atoms with Crippen LogP contribution < -0.4 is 10.2 Å². The highest BCUT2D eigenvalue weighted by Crippen LogP contribution is 2.33. The third kappa shape index (κ3) is 4.79. The molecule has 4 rings (SSSR count). The molecule has 0 atom stereocenters. The van der Waals surface area contributed by atoms with Crippen molar-refractivity contribution in [1.82, 2.24) is 4.98 Å². The quantitative estimate of drug-likeness (QED) is 0.425. The second-order valence-corrected chi connectivity index (χ2v) is 8.56. The molecule has 9 heteroatoms. The lowest BCUT2D eigenvalue weighted by atomic mass is 10.1. The number of thiazole rings is 1. The van der Waals surface area contributed by atoms with Gasteiger partial charge in [-0.25, -0.2) is 14.8 Å². The van der Waals surface area contributed by atoms with Gasteiger partial charge in [0, 0.05) is 30.5 Å². The lowest BCUT2D eigenvalue weighted by Crippen LogP contribution is -2.23. The Morgan fingerprint density at radius 2 is 1.82 bits per heavy atom. The first-order valence-electron chi connectivity index (χ1n) is 10.5. The van der Waals surface area contributed by atoms with E-state index in [1.54, 1.807) is 34.5 Å². The maximum Gasteiger partial charge on any atom is 0.363 e. The van der Waals surface area contributed by atoms with Crippen molar-refractivity contribution >= 4 is 57.6 Å². The van der Waals surface area contributed by atoms with E-state index < -0.39 is 5.97 Å². The molecule has 0 unspecified atom stereocenters. The molecule has 0 bridgehead atoms. The van der Waals surface area contributed by atoms with E-state index in [-0.39, 0.29) is 23.4 Å². The molecule has 1 aliphatic rings. The molecule has 8 nitrogen and oxygen atoms in total. The number of hydrogen-bond donors (Lipinski definition) is 1. The zero-order valence-electron chi connectivity index (χ0n) is 19.1. The van der Waals surface area contributed by atoms with Crippen molar-refractivity contribution in [2.45, 2.75) is 27.7 Å². The van der Waals surface area contributed by atoms with Gasteiger partial charge in [0.1, 0.15) is 0 Å². The number of aromatic nitrogens is 1. The van der Waals surface area contributed by atoms with E-state index in [0.717, 1.165) is 16.8 Å². The van der Waals surface area contributed by atoms with Gasteiger partial charge in [0.2, 0.25) is 17.7 Å². The van der Waals surface area contributed by atoms with Gasteiger partial charge < -0.3 is 10.1 Å². The van der Waals surface area contributed by atoms with Crippen LogP contribution in [-0.2, 0) is 19.1 Å². The van der Waals surface area contributed by atoms with Gasteiger partial charge in [0.25, 0.3) is 0 Å². The number of cyclic esters (lactones) is 1. The zero-order chi connectivity index (χ0) is 24.4. The molecular weight excluding hydrogens is 452 g/mol. The summed E-state index contributed by atoms with van der Waals surface area (Å²) in [5.74, 6) is -0.757. The molecule has 0 saturated carbocycles. The Morgan fingerprint density at radius 1 is 1.09 bits per heavy atom. The lowest BCUT2D eigenvalue weighted by molar-refractivity contribution is -0.130. The van der Waals surface area contributed by atoms with E-state index >= 15 is 0 Å². The van der Waals surface area contributed by atoms with Gasteiger partial charge in [-0.2, -0.15) is 0 Å². The van der Waals surface area contributed by atoms with Gasteiger partial charge in [-0.1, -0.05) is 12.1 Å². The number of aryl methyl sites for hydroxylation is 1. The van der Waals surface area contributed by atoms with Crippen LogP contribution in [-0.4, -0.2) is 28.7 Å². The van der Waals surface area contributed by atoms with Gasteiger partial charge >= 0.3 is 5.97 Å². The van der Waals surface area contributed by atoms with Gasteiger partial charge in [0.15, 0.2) is 10.8 Å². The van der Waals surface area contributed by atoms with Crippen molar-refractivity contribution in [1.29, 1.82) is 0 Å². The van der Waals surface area contributed by atoms with Crippen molar-refractivity contribution < 1.29 is 19.1 Å². The minimum Gasteiger partial charge on any atom is -0.402 e. The van der Waals surface area contributed by atoms with Crippen LogP contribution in [0.25, 0.3) is 6.08 Å². The summed E-state index contributed by atoms with van der Waals surface area (Å²) in [5, 5.41) is 4.93. The summed E-state index contributed by atoms with van der Waals surface area (Å²) < 4.78 is 5.31. The topological polar surface area (TPSA) is 101 Å². The van der Waals surface area contributed by atoms with Crippen molar-refractivity contribution in [3.63, 3.8) is 0 Å². The average Bonchev–Trinajstić information content (AvgIpc) is 3.38.